The van der Waals surface area contributed by atoms with Gasteiger partial charge in [0.2, 0.25) is 0 Å². The predicted octanol–water partition coefficient (Wildman–Crippen LogP) is 3.38. The second-order valence-corrected chi connectivity index (χ2v) is 3.94. The summed E-state index contributed by atoms with van der Waals surface area (Å²) in [5, 5.41) is 3.40. The van der Waals surface area contributed by atoms with Crippen LogP contribution >= 0.6 is 0 Å². The van der Waals surface area contributed by atoms with Crippen molar-refractivity contribution >= 4 is 0 Å². The lowest BCUT2D eigenvalue weighted by Gasteiger charge is -2.23. The standard InChI is InChI=1S/C13H21N/c1-4-8-11(2)13(14-3)12-9-6-5-7-10-12/h5-7,9-11,13-14H,4,8H2,1-3H3. The summed E-state index contributed by atoms with van der Waals surface area (Å²) in [5.41, 5.74) is 1.40. The molecule has 0 saturated carbocycles. The number of nitrogens with one attached hydrogen (secondary N) is 1. The molecule has 0 saturated heterocycles. The lowest BCUT2D eigenvalue weighted by atomic mass is 9.91. The van der Waals surface area contributed by atoms with Crippen molar-refractivity contribution < 1.29 is 0 Å². The van der Waals surface area contributed by atoms with Crippen LogP contribution in [0.4, 0.5) is 0 Å². The summed E-state index contributed by atoms with van der Waals surface area (Å²) in [7, 11) is 2.05. The van der Waals surface area contributed by atoms with Crippen LogP contribution in [0.15, 0.2) is 30.3 Å². The van der Waals surface area contributed by atoms with Crippen LogP contribution in [0.2, 0.25) is 0 Å². The summed E-state index contributed by atoms with van der Waals surface area (Å²) in [6, 6.07) is 11.2. The van der Waals surface area contributed by atoms with Crippen molar-refractivity contribution in [2.75, 3.05) is 7.05 Å². The maximum Gasteiger partial charge on any atom is 0.0343 e. The van der Waals surface area contributed by atoms with E-state index in [1.165, 1.54) is 18.4 Å². The molecular formula is C13H21N. The molecule has 1 heteroatoms. The van der Waals surface area contributed by atoms with Gasteiger partial charge >= 0.3 is 0 Å². The van der Waals surface area contributed by atoms with Gasteiger partial charge in [-0.15, -0.1) is 0 Å². The third-order valence-electron chi connectivity index (χ3n) is 2.78. The lowest BCUT2D eigenvalue weighted by molar-refractivity contribution is 0.384. The summed E-state index contributed by atoms with van der Waals surface area (Å²) in [6.45, 7) is 4.56. The van der Waals surface area contributed by atoms with Crippen LogP contribution in [0, 0.1) is 5.92 Å². The van der Waals surface area contributed by atoms with E-state index in [2.05, 4.69) is 49.5 Å². The number of rotatable bonds is 5. The number of hydrogen-bond acceptors (Lipinski definition) is 1. The molecule has 0 spiro atoms. The van der Waals surface area contributed by atoms with E-state index in [4.69, 9.17) is 0 Å². The fourth-order valence-corrected chi connectivity index (χ4v) is 2.06. The molecule has 0 aliphatic rings. The summed E-state index contributed by atoms with van der Waals surface area (Å²) >= 11 is 0. The molecule has 0 radical (unpaired) electrons. The van der Waals surface area contributed by atoms with E-state index < -0.39 is 0 Å². The van der Waals surface area contributed by atoms with Crippen molar-refractivity contribution in [1.29, 1.82) is 0 Å². The van der Waals surface area contributed by atoms with Gasteiger partial charge in [-0.05, 0) is 24.9 Å². The topological polar surface area (TPSA) is 12.0 Å². The zero-order chi connectivity index (χ0) is 10.4. The van der Waals surface area contributed by atoms with Crippen LogP contribution in [0.25, 0.3) is 0 Å². The second kappa shape index (κ2) is 5.82. The summed E-state index contributed by atoms with van der Waals surface area (Å²) in [6.07, 6.45) is 2.53. The summed E-state index contributed by atoms with van der Waals surface area (Å²) < 4.78 is 0. The van der Waals surface area contributed by atoms with Gasteiger partial charge in [0.1, 0.15) is 0 Å². The van der Waals surface area contributed by atoms with E-state index in [1.807, 2.05) is 7.05 Å². The van der Waals surface area contributed by atoms with Crippen molar-refractivity contribution in [3.05, 3.63) is 35.9 Å². The summed E-state index contributed by atoms with van der Waals surface area (Å²) in [5.74, 6) is 0.701. The molecule has 1 nitrogen and oxygen atoms in total. The maximum absolute atomic E-state index is 3.40. The van der Waals surface area contributed by atoms with Gasteiger partial charge < -0.3 is 5.32 Å². The Morgan fingerprint density at radius 3 is 2.36 bits per heavy atom. The SMILES string of the molecule is CCCC(C)C(NC)c1ccccc1. The van der Waals surface area contributed by atoms with Gasteiger partial charge in [0.15, 0.2) is 0 Å². The Morgan fingerprint density at radius 1 is 1.21 bits per heavy atom. The minimum Gasteiger partial charge on any atom is -0.313 e. The highest BCUT2D eigenvalue weighted by Gasteiger charge is 2.15. The largest absolute Gasteiger partial charge is 0.313 e. The smallest absolute Gasteiger partial charge is 0.0343 e. The van der Waals surface area contributed by atoms with Gasteiger partial charge in [-0.1, -0.05) is 50.6 Å². The average Bonchev–Trinajstić information content (AvgIpc) is 2.21. The van der Waals surface area contributed by atoms with E-state index in [9.17, 15) is 0 Å². The molecule has 0 aliphatic heterocycles. The zero-order valence-electron chi connectivity index (χ0n) is 9.46. The predicted molar refractivity (Wildman–Crippen MR) is 62.3 cm³/mol. The quantitative estimate of drug-likeness (QED) is 0.752. The van der Waals surface area contributed by atoms with E-state index in [-0.39, 0.29) is 0 Å². The van der Waals surface area contributed by atoms with Crippen LogP contribution in [0.3, 0.4) is 0 Å². The number of benzene rings is 1. The molecule has 0 aliphatic carbocycles. The molecule has 1 rings (SSSR count). The second-order valence-electron chi connectivity index (χ2n) is 3.94. The molecule has 0 amide bonds. The maximum atomic E-state index is 3.40. The molecule has 14 heavy (non-hydrogen) atoms. The Bertz CT molecular complexity index is 243. The molecule has 0 aromatic heterocycles. The molecule has 1 aromatic rings. The first-order chi connectivity index (χ1) is 6.79. The van der Waals surface area contributed by atoms with Crippen LogP contribution in [0.1, 0.15) is 38.3 Å². The number of hydrogen-bond donors (Lipinski definition) is 1. The molecule has 0 fully saturated rings. The van der Waals surface area contributed by atoms with Crippen molar-refractivity contribution in [1.82, 2.24) is 5.32 Å². The minimum absolute atomic E-state index is 0.496. The highest BCUT2D eigenvalue weighted by molar-refractivity contribution is 5.19. The van der Waals surface area contributed by atoms with E-state index in [1.54, 1.807) is 0 Å². The summed E-state index contributed by atoms with van der Waals surface area (Å²) in [4.78, 5) is 0. The van der Waals surface area contributed by atoms with Gasteiger partial charge in [0, 0.05) is 6.04 Å². The van der Waals surface area contributed by atoms with Gasteiger partial charge in [-0.3, -0.25) is 0 Å². The van der Waals surface area contributed by atoms with Gasteiger partial charge in [-0.25, -0.2) is 0 Å². The molecule has 1 N–H and O–H groups in total. The van der Waals surface area contributed by atoms with Gasteiger partial charge in [0.05, 0.1) is 0 Å². The van der Waals surface area contributed by atoms with Crippen molar-refractivity contribution in [3.8, 4) is 0 Å². The minimum atomic E-state index is 0.496. The van der Waals surface area contributed by atoms with E-state index in [0.717, 1.165) is 0 Å². The van der Waals surface area contributed by atoms with Crippen LogP contribution in [0.5, 0.6) is 0 Å². The zero-order valence-corrected chi connectivity index (χ0v) is 9.46. The van der Waals surface area contributed by atoms with Crippen LogP contribution < -0.4 is 5.32 Å². The van der Waals surface area contributed by atoms with E-state index in [0.29, 0.717) is 12.0 Å². The third-order valence-corrected chi connectivity index (χ3v) is 2.78. The first-order valence-corrected chi connectivity index (χ1v) is 5.51. The van der Waals surface area contributed by atoms with Crippen LogP contribution in [-0.2, 0) is 0 Å². The normalized spacial score (nSPS) is 15.1. The Labute approximate surface area is 87.5 Å². The third kappa shape index (κ3) is 2.85. The van der Waals surface area contributed by atoms with Crippen molar-refractivity contribution in [3.63, 3.8) is 0 Å². The van der Waals surface area contributed by atoms with Crippen molar-refractivity contribution in [2.24, 2.45) is 5.92 Å². The molecule has 2 atom stereocenters. The van der Waals surface area contributed by atoms with Gasteiger partial charge in [0.25, 0.3) is 0 Å². The molecule has 0 heterocycles. The molecule has 2 unspecified atom stereocenters. The molecular weight excluding hydrogens is 170 g/mol. The fraction of sp³-hybridized carbons (Fsp3) is 0.538. The average molecular weight is 191 g/mol. The fourth-order valence-electron chi connectivity index (χ4n) is 2.06. The Balaban J connectivity index is 2.71. The highest BCUT2D eigenvalue weighted by Crippen LogP contribution is 2.24. The van der Waals surface area contributed by atoms with Gasteiger partial charge in [-0.2, -0.15) is 0 Å². The molecule has 1 aromatic carbocycles. The Morgan fingerprint density at radius 2 is 1.86 bits per heavy atom. The lowest BCUT2D eigenvalue weighted by Crippen LogP contribution is -2.23. The molecule has 78 valence electrons. The highest BCUT2D eigenvalue weighted by atomic mass is 14.9. The monoisotopic (exact) mass is 191 g/mol. The first kappa shape index (κ1) is 11.3. The van der Waals surface area contributed by atoms with Crippen LogP contribution in [-0.4, -0.2) is 7.05 Å². The van der Waals surface area contributed by atoms with E-state index >= 15 is 0 Å². The Hall–Kier alpha value is -0.820. The Kier molecular flexibility index (Phi) is 4.68. The molecule has 0 bridgehead atoms. The first-order valence-electron chi connectivity index (χ1n) is 5.51. The van der Waals surface area contributed by atoms with Crippen molar-refractivity contribution in [2.45, 2.75) is 32.7 Å².